The Bertz CT molecular complexity index is 182. The lowest BCUT2D eigenvalue weighted by atomic mass is 10.1. The minimum absolute atomic E-state index is 0.0917. The lowest BCUT2D eigenvalue weighted by Gasteiger charge is -2.06. The molecular formula is C9H12O2. The highest BCUT2D eigenvalue weighted by Gasteiger charge is 2.19. The van der Waals surface area contributed by atoms with Crippen LogP contribution >= 0.6 is 0 Å². The van der Waals surface area contributed by atoms with Crippen molar-refractivity contribution >= 4 is 5.78 Å². The van der Waals surface area contributed by atoms with Crippen LogP contribution in [0.4, 0.5) is 0 Å². The summed E-state index contributed by atoms with van der Waals surface area (Å²) in [6.07, 6.45) is 7.33. The molecule has 1 rings (SSSR count). The van der Waals surface area contributed by atoms with E-state index in [1.165, 1.54) is 12.3 Å². The minimum atomic E-state index is -0.213. The fourth-order valence-electron chi connectivity index (χ4n) is 1.03. The van der Waals surface area contributed by atoms with E-state index in [9.17, 15) is 4.79 Å². The quantitative estimate of drug-likeness (QED) is 0.453. The van der Waals surface area contributed by atoms with Crippen molar-refractivity contribution in [3.63, 3.8) is 0 Å². The minimum Gasteiger partial charge on any atom is -0.490 e. The maximum Gasteiger partial charge on any atom is 0.199 e. The third-order valence-corrected chi connectivity index (χ3v) is 1.67. The zero-order valence-corrected chi connectivity index (χ0v) is 6.45. The van der Waals surface area contributed by atoms with E-state index in [-0.39, 0.29) is 11.9 Å². The summed E-state index contributed by atoms with van der Waals surface area (Å²) in [6.45, 7) is 3.60. The summed E-state index contributed by atoms with van der Waals surface area (Å²) in [5.41, 5.74) is 0. The molecule has 0 spiro atoms. The highest BCUT2D eigenvalue weighted by molar-refractivity contribution is 5.94. The van der Waals surface area contributed by atoms with Crippen LogP contribution in [0.2, 0.25) is 0 Å². The van der Waals surface area contributed by atoms with Gasteiger partial charge in [0.1, 0.15) is 0 Å². The number of rotatable bonds is 4. The van der Waals surface area contributed by atoms with E-state index in [4.69, 9.17) is 4.74 Å². The Morgan fingerprint density at radius 2 is 2.55 bits per heavy atom. The molecule has 0 N–H and O–H groups in total. The molecule has 0 radical (unpaired) electrons. The molecule has 0 aromatic carbocycles. The van der Waals surface area contributed by atoms with Crippen LogP contribution in [0.3, 0.4) is 0 Å². The van der Waals surface area contributed by atoms with Gasteiger partial charge in [-0.15, -0.1) is 6.58 Å². The maximum absolute atomic E-state index is 10.9. The van der Waals surface area contributed by atoms with Crippen molar-refractivity contribution in [1.29, 1.82) is 0 Å². The Morgan fingerprint density at radius 3 is 3.09 bits per heavy atom. The van der Waals surface area contributed by atoms with Gasteiger partial charge in [0.25, 0.3) is 0 Å². The first kappa shape index (κ1) is 8.05. The first-order valence-corrected chi connectivity index (χ1v) is 3.81. The first-order chi connectivity index (χ1) is 5.34. The van der Waals surface area contributed by atoms with Gasteiger partial charge in [-0.1, -0.05) is 6.08 Å². The van der Waals surface area contributed by atoms with Gasteiger partial charge < -0.3 is 4.74 Å². The van der Waals surface area contributed by atoms with Crippen molar-refractivity contribution in [3.05, 3.63) is 25.0 Å². The first-order valence-electron chi connectivity index (χ1n) is 3.81. The predicted molar refractivity (Wildman–Crippen MR) is 43.1 cm³/mol. The van der Waals surface area contributed by atoms with Crippen molar-refractivity contribution in [2.24, 2.45) is 0 Å². The van der Waals surface area contributed by atoms with Gasteiger partial charge in [0.2, 0.25) is 0 Å². The summed E-state index contributed by atoms with van der Waals surface area (Å²) >= 11 is 0. The third kappa shape index (κ3) is 2.22. The monoisotopic (exact) mass is 152 g/mol. The zero-order chi connectivity index (χ0) is 8.10. The van der Waals surface area contributed by atoms with Crippen molar-refractivity contribution in [2.45, 2.75) is 25.4 Å². The molecule has 0 aromatic rings. The fourth-order valence-corrected chi connectivity index (χ4v) is 1.03. The Morgan fingerprint density at radius 1 is 1.73 bits per heavy atom. The summed E-state index contributed by atoms with van der Waals surface area (Å²) < 4.78 is 5.05. The molecule has 60 valence electrons. The summed E-state index contributed by atoms with van der Waals surface area (Å²) in [4.78, 5) is 10.9. The molecule has 2 nitrogen and oxygen atoms in total. The van der Waals surface area contributed by atoms with E-state index in [0.29, 0.717) is 0 Å². The number of carbonyl (C=O) groups is 1. The summed E-state index contributed by atoms with van der Waals surface area (Å²) in [7, 11) is 0. The van der Waals surface area contributed by atoms with Crippen LogP contribution in [0.5, 0.6) is 0 Å². The summed E-state index contributed by atoms with van der Waals surface area (Å²) in [6, 6.07) is 0. The van der Waals surface area contributed by atoms with E-state index in [2.05, 4.69) is 6.58 Å². The normalized spacial score (nSPS) is 21.8. The molecule has 0 saturated heterocycles. The molecule has 1 unspecified atom stereocenters. The van der Waals surface area contributed by atoms with Gasteiger partial charge >= 0.3 is 0 Å². The van der Waals surface area contributed by atoms with Crippen molar-refractivity contribution in [2.75, 3.05) is 0 Å². The van der Waals surface area contributed by atoms with E-state index in [0.717, 1.165) is 19.3 Å². The number of unbranched alkanes of at least 4 members (excludes halogenated alkanes) is 1. The molecule has 1 atom stereocenters. The average molecular weight is 152 g/mol. The highest BCUT2D eigenvalue weighted by Crippen LogP contribution is 2.12. The van der Waals surface area contributed by atoms with Gasteiger partial charge in [-0.2, -0.15) is 0 Å². The van der Waals surface area contributed by atoms with Crippen molar-refractivity contribution < 1.29 is 9.53 Å². The molecule has 0 aliphatic carbocycles. The van der Waals surface area contributed by atoms with E-state index < -0.39 is 0 Å². The molecule has 0 fully saturated rings. The van der Waals surface area contributed by atoms with Gasteiger partial charge in [0, 0.05) is 6.08 Å². The largest absolute Gasteiger partial charge is 0.490 e. The van der Waals surface area contributed by atoms with Gasteiger partial charge in [-0.25, -0.2) is 0 Å². The SMILES string of the molecule is C=CCCCC1OC=CC1=O. The van der Waals surface area contributed by atoms with Gasteiger partial charge in [-0.05, 0) is 19.3 Å². The van der Waals surface area contributed by atoms with Gasteiger partial charge in [-0.3, -0.25) is 4.79 Å². The Hall–Kier alpha value is -1.05. The highest BCUT2D eigenvalue weighted by atomic mass is 16.5. The predicted octanol–water partition coefficient (Wildman–Crippen LogP) is 1.82. The third-order valence-electron chi connectivity index (χ3n) is 1.67. The molecular weight excluding hydrogens is 140 g/mol. The van der Waals surface area contributed by atoms with Crippen LogP contribution in [-0.4, -0.2) is 11.9 Å². The zero-order valence-electron chi connectivity index (χ0n) is 6.45. The number of carbonyl (C=O) groups excluding carboxylic acids is 1. The molecule has 11 heavy (non-hydrogen) atoms. The van der Waals surface area contributed by atoms with E-state index >= 15 is 0 Å². The van der Waals surface area contributed by atoms with E-state index in [1.807, 2.05) is 6.08 Å². The summed E-state index contributed by atoms with van der Waals surface area (Å²) in [5.74, 6) is 0.0917. The second kappa shape index (κ2) is 3.96. The maximum atomic E-state index is 10.9. The molecule has 1 heterocycles. The smallest absolute Gasteiger partial charge is 0.199 e. The number of ketones is 1. The van der Waals surface area contributed by atoms with Crippen LogP contribution < -0.4 is 0 Å². The summed E-state index contributed by atoms with van der Waals surface area (Å²) in [5, 5.41) is 0. The Labute approximate surface area is 66.5 Å². The number of ether oxygens (including phenoxy) is 1. The van der Waals surface area contributed by atoms with Crippen molar-refractivity contribution in [3.8, 4) is 0 Å². The van der Waals surface area contributed by atoms with Crippen molar-refractivity contribution in [1.82, 2.24) is 0 Å². The number of allylic oxidation sites excluding steroid dienone is 1. The molecule has 0 bridgehead atoms. The van der Waals surface area contributed by atoms with E-state index in [1.54, 1.807) is 0 Å². The number of hydrogen-bond acceptors (Lipinski definition) is 2. The standard InChI is InChI=1S/C9H12O2/c1-2-3-4-5-9-8(10)6-7-11-9/h2,6-7,9H,1,3-5H2. The fraction of sp³-hybridized carbons (Fsp3) is 0.444. The van der Waals surface area contributed by atoms with Crippen LogP contribution in [0.25, 0.3) is 0 Å². The second-order valence-corrected chi connectivity index (χ2v) is 2.55. The average Bonchev–Trinajstić information content (AvgIpc) is 2.37. The van der Waals surface area contributed by atoms with Crippen LogP contribution in [0, 0.1) is 0 Å². The molecule has 0 amide bonds. The molecule has 2 heteroatoms. The van der Waals surface area contributed by atoms with Crippen LogP contribution in [-0.2, 0) is 9.53 Å². The molecule has 0 aromatic heterocycles. The molecule has 0 saturated carbocycles. The number of hydrogen-bond donors (Lipinski definition) is 0. The molecule has 1 aliphatic rings. The second-order valence-electron chi connectivity index (χ2n) is 2.55. The van der Waals surface area contributed by atoms with Gasteiger partial charge in [0.15, 0.2) is 11.9 Å². The Balaban J connectivity index is 2.17. The van der Waals surface area contributed by atoms with Crippen LogP contribution in [0.1, 0.15) is 19.3 Å². The van der Waals surface area contributed by atoms with Gasteiger partial charge in [0.05, 0.1) is 6.26 Å². The Kier molecular flexibility index (Phi) is 2.90. The lowest BCUT2D eigenvalue weighted by Crippen LogP contribution is -2.15. The topological polar surface area (TPSA) is 26.3 Å². The lowest BCUT2D eigenvalue weighted by molar-refractivity contribution is -0.120. The van der Waals surface area contributed by atoms with Crippen LogP contribution in [0.15, 0.2) is 25.0 Å². The molecule has 1 aliphatic heterocycles.